The highest BCUT2D eigenvalue weighted by Gasteiger charge is 2.15. The number of nitrogens with two attached hydrogens (primary N) is 1. The minimum Gasteiger partial charge on any atom is -0.317 e. The van der Waals surface area contributed by atoms with Gasteiger partial charge in [0.1, 0.15) is 0 Å². The van der Waals surface area contributed by atoms with Gasteiger partial charge in [-0.15, -0.1) is 21.5 Å². The molecule has 68 valence electrons. The van der Waals surface area contributed by atoms with Crippen molar-refractivity contribution in [2.75, 3.05) is 0 Å². The zero-order chi connectivity index (χ0) is 9.26. The number of aromatic amines is 1. The number of hydrogen-bond acceptors (Lipinski definition) is 5. The first kappa shape index (κ1) is 8.33. The van der Waals surface area contributed by atoms with E-state index in [9.17, 15) is 0 Å². The smallest absolute Gasteiger partial charge is 0.195 e. The Morgan fingerprint density at radius 3 is 3.00 bits per heavy atom. The molecule has 0 aliphatic rings. The molecule has 0 aliphatic carbocycles. The van der Waals surface area contributed by atoms with Crippen LogP contribution < -0.4 is 5.73 Å². The number of nitrogens with zero attached hydrogens (tertiary/aromatic N) is 3. The maximum atomic E-state index is 5.93. The second kappa shape index (κ2) is 3.23. The first-order valence-corrected chi connectivity index (χ1v) is 4.70. The lowest BCUT2D eigenvalue weighted by atomic mass is 10.1. The number of rotatable bonds is 2. The Labute approximate surface area is 79.0 Å². The van der Waals surface area contributed by atoms with Crippen LogP contribution in [0.25, 0.3) is 0 Å². The molecule has 0 saturated heterocycles. The molecule has 0 radical (unpaired) electrons. The summed E-state index contributed by atoms with van der Waals surface area (Å²) < 4.78 is 0. The molecule has 0 spiro atoms. The second-order valence-corrected chi connectivity index (χ2v) is 3.80. The molecule has 1 unspecified atom stereocenters. The summed E-state index contributed by atoms with van der Waals surface area (Å²) >= 11 is 1.66. The molecule has 3 N–H and O–H groups in total. The van der Waals surface area contributed by atoms with Gasteiger partial charge in [0.25, 0.3) is 0 Å². The van der Waals surface area contributed by atoms with Crippen molar-refractivity contribution in [3.63, 3.8) is 0 Å². The van der Waals surface area contributed by atoms with Crippen LogP contribution in [0.15, 0.2) is 11.4 Å². The van der Waals surface area contributed by atoms with E-state index in [1.165, 1.54) is 4.88 Å². The van der Waals surface area contributed by atoms with Gasteiger partial charge >= 0.3 is 0 Å². The monoisotopic (exact) mass is 195 g/mol. The molecule has 0 saturated carbocycles. The van der Waals surface area contributed by atoms with Gasteiger partial charge in [-0.1, -0.05) is 5.21 Å². The van der Waals surface area contributed by atoms with Crippen LogP contribution in [-0.4, -0.2) is 20.6 Å². The van der Waals surface area contributed by atoms with E-state index in [4.69, 9.17) is 5.73 Å². The van der Waals surface area contributed by atoms with Gasteiger partial charge in [-0.25, -0.2) is 0 Å². The van der Waals surface area contributed by atoms with E-state index in [2.05, 4.69) is 20.6 Å². The van der Waals surface area contributed by atoms with Gasteiger partial charge in [0.05, 0.1) is 6.04 Å². The average molecular weight is 195 g/mol. The summed E-state index contributed by atoms with van der Waals surface area (Å²) in [4.78, 5) is 1.19. The molecule has 1 atom stereocenters. The molecule has 0 aliphatic heterocycles. The first-order valence-electron chi connectivity index (χ1n) is 3.82. The normalized spacial score (nSPS) is 13.1. The highest BCUT2D eigenvalue weighted by molar-refractivity contribution is 7.10. The molecule has 2 heterocycles. The lowest BCUT2D eigenvalue weighted by Gasteiger charge is -2.05. The Balaban J connectivity index is 2.33. The lowest BCUT2D eigenvalue weighted by Crippen LogP contribution is -2.13. The molecule has 0 amide bonds. The Hall–Kier alpha value is -1.27. The van der Waals surface area contributed by atoms with Crippen LogP contribution >= 0.6 is 11.3 Å². The Kier molecular flexibility index (Phi) is 2.07. The van der Waals surface area contributed by atoms with Gasteiger partial charge in [-0.2, -0.15) is 5.21 Å². The van der Waals surface area contributed by atoms with Crippen molar-refractivity contribution >= 4 is 11.3 Å². The van der Waals surface area contributed by atoms with Crippen molar-refractivity contribution in [1.82, 2.24) is 20.6 Å². The van der Waals surface area contributed by atoms with Gasteiger partial charge in [0.2, 0.25) is 0 Å². The van der Waals surface area contributed by atoms with Crippen LogP contribution in [0.1, 0.15) is 22.3 Å². The van der Waals surface area contributed by atoms with Crippen LogP contribution in [0, 0.1) is 6.92 Å². The minimum absolute atomic E-state index is 0.273. The van der Waals surface area contributed by atoms with Gasteiger partial charge in [0.15, 0.2) is 5.82 Å². The number of hydrogen-bond donors (Lipinski definition) is 2. The predicted molar refractivity (Wildman–Crippen MR) is 49.3 cm³/mol. The van der Waals surface area contributed by atoms with Crippen molar-refractivity contribution < 1.29 is 0 Å². The molecule has 0 aromatic carbocycles. The van der Waals surface area contributed by atoms with Crippen molar-refractivity contribution in [2.45, 2.75) is 13.0 Å². The van der Waals surface area contributed by atoms with Crippen LogP contribution in [0.3, 0.4) is 0 Å². The van der Waals surface area contributed by atoms with E-state index in [1.54, 1.807) is 11.3 Å². The SMILES string of the molecule is Cc1sccc1C(N)c1nn[nH]n1. The lowest BCUT2D eigenvalue weighted by molar-refractivity contribution is 0.784. The maximum absolute atomic E-state index is 5.93. The molecule has 6 heteroatoms. The van der Waals surface area contributed by atoms with Crippen molar-refractivity contribution in [2.24, 2.45) is 5.73 Å². The number of H-pyrrole nitrogens is 1. The molecule has 5 nitrogen and oxygen atoms in total. The van der Waals surface area contributed by atoms with E-state index in [1.807, 2.05) is 18.4 Å². The van der Waals surface area contributed by atoms with Crippen LogP contribution in [0.4, 0.5) is 0 Å². The number of tetrazole rings is 1. The molecule has 13 heavy (non-hydrogen) atoms. The third kappa shape index (κ3) is 1.45. The van der Waals surface area contributed by atoms with Gasteiger partial charge < -0.3 is 5.73 Å². The van der Waals surface area contributed by atoms with Crippen molar-refractivity contribution in [1.29, 1.82) is 0 Å². The van der Waals surface area contributed by atoms with E-state index < -0.39 is 0 Å². The van der Waals surface area contributed by atoms with Crippen LogP contribution in [-0.2, 0) is 0 Å². The topological polar surface area (TPSA) is 80.5 Å². The zero-order valence-corrected chi connectivity index (χ0v) is 7.88. The Morgan fingerprint density at radius 1 is 1.62 bits per heavy atom. The zero-order valence-electron chi connectivity index (χ0n) is 7.06. The fraction of sp³-hybridized carbons (Fsp3) is 0.286. The average Bonchev–Trinajstić information content (AvgIpc) is 2.72. The third-order valence-electron chi connectivity index (χ3n) is 1.87. The van der Waals surface area contributed by atoms with Gasteiger partial charge in [-0.05, 0) is 23.9 Å². The predicted octanol–water partition coefficient (Wildman–Crippen LogP) is 0.618. The Morgan fingerprint density at radius 2 is 2.46 bits per heavy atom. The number of aryl methyl sites for hydroxylation is 1. The van der Waals surface area contributed by atoms with Crippen molar-refractivity contribution in [3.8, 4) is 0 Å². The quantitative estimate of drug-likeness (QED) is 0.736. The van der Waals surface area contributed by atoms with Crippen molar-refractivity contribution in [3.05, 3.63) is 27.7 Å². The van der Waals surface area contributed by atoms with Gasteiger partial charge in [-0.3, -0.25) is 0 Å². The summed E-state index contributed by atoms with van der Waals surface area (Å²) in [6.45, 7) is 2.03. The Bertz CT molecular complexity index is 379. The highest BCUT2D eigenvalue weighted by atomic mass is 32.1. The summed E-state index contributed by atoms with van der Waals surface area (Å²) in [6.07, 6.45) is 0. The van der Waals surface area contributed by atoms with Gasteiger partial charge in [0, 0.05) is 4.88 Å². The molecule has 2 aromatic rings. The van der Waals surface area contributed by atoms with E-state index in [-0.39, 0.29) is 6.04 Å². The van der Waals surface area contributed by atoms with E-state index in [0.29, 0.717) is 5.82 Å². The summed E-state index contributed by atoms with van der Waals surface area (Å²) in [5, 5.41) is 15.6. The molecule has 0 fully saturated rings. The van der Waals surface area contributed by atoms with E-state index in [0.717, 1.165) is 5.56 Å². The molecule has 2 rings (SSSR count). The fourth-order valence-corrected chi connectivity index (χ4v) is 1.91. The molecular weight excluding hydrogens is 186 g/mol. The molecular formula is C7H9N5S. The second-order valence-electron chi connectivity index (χ2n) is 2.68. The summed E-state index contributed by atoms with van der Waals surface area (Å²) in [5.41, 5.74) is 6.99. The fourth-order valence-electron chi connectivity index (χ4n) is 1.16. The first-order chi connectivity index (χ1) is 6.29. The number of aromatic nitrogens is 4. The molecule has 2 aromatic heterocycles. The largest absolute Gasteiger partial charge is 0.317 e. The standard InChI is InChI=1S/C7H9N5S/c1-4-5(2-3-13-4)6(8)7-9-11-12-10-7/h2-3,6H,8H2,1H3,(H,9,10,11,12). The molecule has 0 bridgehead atoms. The summed E-state index contributed by atoms with van der Waals surface area (Å²) in [5.74, 6) is 0.529. The van der Waals surface area contributed by atoms with Crippen LogP contribution in [0.5, 0.6) is 0 Å². The van der Waals surface area contributed by atoms with Crippen LogP contribution in [0.2, 0.25) is 0 Å². The third-order valence-corrected chi connectivity index (χ3v) is 2.74. The highest BCUT2D eigenvalue weighted by Crippen LogP contribution is 2.23. The number of nitrogens with one attached hydrogen (secondary N) is 1. The number of thiophene rings is 1. The maximum Gasteiger partial charge on any atom is 0.195 e. The summed E-state index contributed by atoms with van der Waals surface area (Å²) in [7, 11) is 0. The minimum atomic E-state index is -0.273. The summed E-state index contributed by atoms with van der Waals surface area (Å²) in [6, 6.07) is 1.71. The van der Waals surface area contributed by atoms with E-state index >= 15 is 0 Å².